The van der Waals surface area contributed by atoms with Crippen LogP contribution in [0.4, 0.5) is 0 Å². The molecule has 2 aliphatic carbocycles. The normalized spacial score (nSPS) is 34.9. The Bertz CT molecular complexity index is 240. The number of hydrogen-bond acceptors (Lipinski definition) is 3. The van der Waals surface area contributed by atoms with Crippen LogP contribution in [0.3, 0.4) is 0 Å². The summed E-state index contributed by atoms with van der Waals surface area (Å²) in [5.74, 6) is 0.427. The Balaban J connectivity index is 1.77. The summed E-state index contributed by atoms with van der Waals surface area (Å²) in [6.45, 7) is 1.56. The van der Waals surface area contributed by atoms with Crippen molar-refractivity contribution < 1.29 is 5.11 Å². The smallest absolute Gasteiger partial charge is 0.0797 e. The molecule has 2 rings (SSSR count). The summed E-state index contributed by atoms with van der Waals surface area (Å²) < 4.78 is 0. The molecule has 0 spiro atoms. The second kappa shape index (κ2) is 5.68. The summed E-state index contributed by atoms with van der Waals surface area (Å²) in [5, 5.41) is 10.4. The molecule has 17 heavy (non-hydrogen) atoms. The summed E-state index contributed by atoms with van der Waals surface area (Å²) in [6, 6.07) is 0.794. The molecular weight excluding hydrogens is 212 g/mol. The Hall–Kier alpha value is -0.120. The highest BCUT2D eigenvalue weighted by atomic mass is 16.3. The van der Waals surface area contributed by atoms with Gasteiger partial charge in [0.1, 0.15) is 0 Å². The van der Waals surface area contributed by atoms with Gasteiger partial charge in [0.2, 0.25) is 0 Å². The van der Waals surface area contributed by atoms with Gasteiger partial charge in [-0.1, -0.05) is 19.3 Å². The molecule has 100 valence electrons. The van der Waals surface area contributed by atoms with Crippen LogP contribution in [-0.2, 0) is 0 Å². The van der Waals surface area contributed by atoms with Gasteiger partial charge < -0.3 is 15.7 Å². The highest BCUT2D eigenvalue weighted by Gasteiger charge is 2.39. The molecule has 3 N–H and O–H groups in total. The van der Waals surface area contributed by atoms with Crippen molar-refractivity contribution in [2.24, 2.45) is 11.7 Å². The van der Waals surface area contributed by atoms with Crippen molar-refractivity contribution in [3.8, 4) is 0 Å². The molecule has 2 saturated carbocycles. The molecule has 0 aromatic heterocycles. The second-order valence-electron chi connectivity index (χ2n) is 6.10. The molecule has 0 aromatic carbocycles. The second-order valence-corrected chi connectivity index (χ2v) is 6.10. The van der Waals surface area contributed by atoms with E-state index in [0.29, 0.717) is 12.5 Å². The first-order chi connectivity index (χ1) is 8.15. The van der Waals surface area contributed by atoms with Crippen LogP contribution < -0.4 is 5.73 Å². The fraction of sp³-hybridized carbons (Fsp3) is 1.00. The van der Waals surface area contributed by atoms with Gasteiger partial charge in [-0.25, -0.2) is 0 Å². The van der Waals surface area contributed by atoms with Crippen molar-refractivity contribution in [3.05, 3.63) is 0 Å². The quantitative estimate of drug-likeness (QED) is 0.769. The van der Waals surface area contributed by atoms with Crippen molar-refractivity contribution in [3.63, 3.8) is 0 Å². The van der Waals surface area contributed by atoms with Gasteiger partial charge in [0.25, 0.3) is 0 Å². The summed E-state index contributed by atoms with van der Waals surface area (Å²) >= 11 is 0. The first-order valence-corrected chi connectivity index (χ1v) is 7.28. The highest BCUT2D eigenvalue weighted by Crippen LogP contribution is 2.37. The van der Waals surface area contributed by atoms with Gasteiger partial charge in [-0.3, -0.25) is 0 Å². The maximum atomic E-state index is 10.4. The maximum Gasteiger partial charge on any atom is 0.0797 e. The van der Waals surface area contributed by atoms with E-state index in [4.69, 9.17) is 5.73 Å². The number of nitrogens with zero attached hydrogens (tertiary/aromatic N) is 1. The molecule has 0 heterocycles. The van der Waals surface area contributed by atoms with Crippen LogP contribution >= 0.6 is 0 Å². The minimum Gasteiger partial charge on any atom is -0.388 e. The van der Waals surface area contributed by atoms with Crippen molar-refractivity contribution >= 4 is 0 Å². The van der Waals surface area contributed by atoms with Gasteiger partial charge in [0.15, 0.2) is 0 Å². The van der Waals surface area contributed by atoms with E-state index in [1.807, 2.05) is 0 Å². The van der Waals surface area contributed by atoms with Crippen LogP contribution in [0.1, 0.15) is 51.4 Å². The van der Waals surface area contributed by atoms with Crippen LogP contribution in [0.25, 0.3) is 0 Å². The SMILES string of the molecule is CN(CCC1CCCC1(O)CN)C1CCCC1. The zero-order valence-electron chi connectivity index (χ0n) is 11.2. The monoisotopic (exact) mass is 240 g/mol. The van der Waals surface area contributed by atoms with Crippen LogP contribution in [0.5, 0.6) is 0 Å². The van der Waals surface area contributed by atoms with Gasteiger partial charge in [-0.05, 0) is 51.6 Å². The Morgan fingerprint density at radius 3 is 2.59 bits per heavy atom. The molecule has 0 saturated heterocycles. The zero-order chi connectivity index (χ0) is 12.3. The van der Waals surface area contributed by atoms with Crippen molar-refractivity contribution in [1.82, 2.24) is 4.90 Å². The van der Waals surface area contributed by atoms with E-state index >= 15 is 0 Å². The molecule has 3 heteroatoms. The minimum atomic E-state index is -0.559. The first kappa shape index (κ1) is 13.3. The van der Waals surface area contributed by atoms with E-state index < -0.39 is 5.60 Å². The molecule has 0 aliphatic heterocycles. The summed E-state index contributed by atoms with van der Waals surface area (Å²) in [5.41, 5.74) is 5.16. The maximum absolute atomic E-state index is 10.4. The Labute approximate surface area is 105 Å². The Morgan fingerprint density at radius 2 is 1.94 bits per heavy atom. The van der Waals surface area contributed by atoms with Gasteiger partial charge >= 0.3 is 0 Å². The third-order valence-electron chi connectivity index (χ3n) is 5.05. The number of hydrogen-bond donors (Lipinski definition) is 2. The average molecular weight is 240 g/mol. The van der Waals surface area contributed by atoms with Crippen LogP contribution in [0, 0.1) is 5.92 Å². The lowest BCUT2D eigenvalue weighted by atomic mass is 9.88. The third-order valence-corrected chi connectivity index (χ3v) is 5.05. The molecule has 0 radical (unpaired) electrons. The van der Waals surface area contributed by atoms with Gasteiger partial charge in [0.05, 0.1) is 5.60 Å². The summed E-state index contributed by atoms with van der Waals surface area (Å²) in [7, 11) is 2.24. The van der Waals surface area contributed by atoms with Crippen LogP contribution in [0.15, 0.2) is 0 Å². The Kier molecular flexibility index (Phi) is 4.45. The van der Waals surface area contributed by atoms with Crippen molar-refractivity contribution in [2.45, 2.75) is 63.0 Å². The zero-order valence-corrected chi connectivity index (χ0v) is 11.2. The van der Waals surface area contributed by atoms with Gasteiger partial charge in [-0.15, -0.1) is 0 Å². The van der Waals surface area contributed by atoms with Crippen LogP contribution in [-0.4, -0.2) is 41.8 Å². The van der Waals surface area contributed by atoms with E-state index in [1.165, 1.54) is 25.7 Å². The standard InChI is InChI=1S/C14H28N2O/c1-16(13-6-2-3-7-13)10-8-12-5-4-9-14(12,17)11-15/h12-13,17H,2-11,15H2,1H3. The minimum absolute atomic E-state index is 0.427. The molecule has 2 aliphatic rings. The van der Waals surface area contributed by atoms with E-state index in [9.17, 15) is 5.11 Å². The van der Waals surface area contributed by atoms with E-state index in [2.05, 4.69) is 11.9 Å². The molecular formula is C14H28N2O. The fourth-order valence-electron chi connectivity index (χ4n) is 3.70. The molecule has 0 amide bonds. The molecule has 0 bridgehead atoms. The molecule has 2 fully saturated rings. The van der Waals surface area contributed by atoms with E-state index in [0.717, 1.165) is 38.3 Å². The molecule has 2 unspecified atom stereocenters. The lowest BCUT2D eigenvalue weighted by Crippen LogP contribution is -2.42. The molecule has 3 nitrogen and oxygen atoms in total. The first-order valence-electron chi connectivity index (χ1n) is 7.28. The molecule has 2 atom stereocenters. The average Bonchev–Trinajstić information content (AvgIpc) is 2.96. The van der Waals surface area contributed by atoms with Crippen molar-refractivity contribution in [1.29, 1.82) is 0 Å². The third kappa shape index (κ3) is 3.01. The summed E-state index contributed by atoms with van der Waals surface area (Å²) in [4.78, 5) is 2.50. The lowest BCUT2D eigenvalue weighted by molar-refractivity contribution is 0.00415. The number of aliphatic hydroxyl groups is 1. The number of nitrogens with two attached hydrogens (primary N) is 1. The van der Waals surface area contributed by atoms with Crippen LogP contribution in [0.2, 0.25) is 0 Å². The lowest BCUT2D eigenvalue weighted by Gasteiger charge is -2.31. The van der Waals surface area contributed by atoms with Gasteiger partial charge in [0, 0.05) is 12.6 Å². The summed E-state index contributed by atoms with van der Waals surface area (Å²) in [6.07, 6.45) is 9.83. The van der Waals surface area contributed by atoms with Gasteiger partial charge in [-0.2, -0.15) is 0 Å². The fourth-order valence-corrected chi connectivity index (χ4v) is 3.70. The van der Waals surface area contributed by atoms with E-state index in [1.54, 1.807) is 0 Å². The van der Waals surface area contributed by atoms with E-state index in [-0.39, 0.29) is 0 Å². The predicted octanol–water partition coefficient (Wildman–Crippen LogP) is 1.74. The van der Waals surface area contributed by atoms with Crippen molar-refractivity contribution in [2.75, 3.05) is 20.1 Å². The Morgan fingerprint density at radius 1 is 1.24 bits per heavy atom. The highest BCUT2D eigenvalue weighted by molar-refractivity contribution is 4.93. The topological polar surface area (TPSA) is 49.5 Å². The largest absolute Gasteiger partial charge is 0.388 e. The molecule has 0 aromatic rings. The predicted molar refractivity (Wildman–Crippen MR) is 70.8 cm³/mol. The number of rotatable bonds is 5.